The summed E-state index contributed by atoms with van der Waals surface area (Å²) < 4.78 is 33.9. The first-order valence-corrected chi connectivity index (χ1v) is 17.0. The van der Waals surface area contributed by atoms with E-state index in [1.807, 2.05) is 49.4 Å². The standard InChI is InChI=1S/C22H25IO3SSi/c1-18-13-15-21(16-14-18)27(24,25)26-23(19-9-6-5-7-10-19)20-11-8-12-22(17-20)28(2,3)4/h5-17H,1-4H3/q+1. The zero-order valence-electron chi connectivity index (χ0n) is 16.5. The van der Waals surface area contributed by atoms with E-state index in [0.29, 0.717) is 0 Å². The Morgan fingerprint density at radius 1 is 0.786 bits per heavy atom. The quantitative estimate of drug-likeness (QED) is 0.363. The number of halogens is 1. The Hall–Kier alpha value is -1.48. The highest BCUT2D eigenvalue weighted by Gasteiger charge is 2.38. The molecule has 3 aromatic carbocycles. The van der Waals surface area contributed by atoms with Crippen LogP contribution in [0.5, 0.6) is 0 Å². The zero-order valence-corrected chi connectivity index (χ0v) is 20.5. The molecule has 6 heteroatoms. The molecule has 0 aliphatic carbocycles. The number of hydrogen-bond acceptors (Lipinski definition) is 3. The first kappa shape index (κ1) is 21.2. The summed E-state index contributed by atoms with van der Waals surface area (Å²) in [5, 5.41) is 1.31. The lowest BCUT2D eigenvalue weighted by atomic mass is 10.2. The Morgan fingerprint density at radius 2 is 1.39 bits per heavy atom. The van der Waals surface area contributed by atoms with Gasteiger partial charge in [-0.3, -0.25) is 0 Å². The van der Waals surface area contributed by atoms with E-state index in [2.05, 4.69) is 31.8 Å². The van der Waals surface area contributed by atoms with Crippen LogP contribution in [-0.4, -0.2) is 16.5 Å². The van der Waals surface area contributed by atoms with E-state index >= 15 is 0 Å². The third kappa shape index (κ3) is 5.11. The molecule has 0 amide bonds. The van der Waals surface area contributed by atoms with Gasteiger partial charge in [-0.1, -0.05) is 72.9 Å². The maximum absolute atomic E-state index is 13.0. The maximum Gasteiger partial charge on any atom is 0.336 e. The summed E-state index contributed by atoms with van der Waals surface area (Å²) in [6.07, 6.45) is 0. The van der Waals surface area contributed by atoms with Gasteiger partial charge in [0.05, 0.1) is 13.0 Å². The summed E-state index contributed by atoms with van der Waals surface area (Å²) in [5.74, 6) is 0. The van der Waals surface area contributed by atoms with Crippen LogP contribution >= 0.6 is 0 Å². The van der Waals surface area contributed by atoms with Gasteiger partial charge in [-0.25, -0.2) is 0 Å². The molecule has 3 nitrogen and oxygen atoms in total. The van der Waals surface area contributed by atoms with Gasteiger partial charge in [0.15, 0.2) is 7.14 Å². The summed E-state index contributed by atoms with van der Waals surface area (Å²) in [5.41, 5.74) is 1.01. The van der Waals surface area contributed by atoms with Crippen molar-refractivity contribution < 1.29 is 31.2 Å². The highest BCUT2D eigenvalue weighted by atomic mass is 127. The van der Waals surface area contributed by atoms with E-state index < -0.39 is 38.4 Å². The Morgan fingerprint density at radius 3 is 2.00 bits per heavy atom. The van der Waals surface area contributed by atoms with E-state index in [1.54, 1.807) is 24.3 Å². The molecule has 0 saturated carbocycles. The number of hydrogen-bond donors (Lipinski definition) is 0. The molecule has 3 rings (SSSR count). The van der Waals surface area contributed by atoms with Gasteiger partial charge in [-0.2, -0.15) is 8.42 Å². The lowest BCUT2D eigenvalue weighted by molar-refractivity contribution is -1.03. The number of aryl methyl sites for hydroxylation is 1. The molecule has 0 saturated heterocycles. The van der Waals surface area contributed by atoms with Gasteiger partial charge in [-0.15, -0.1) is 0 Å². The molecule has 0 fully saturated rings. The van der Waals surface area contributed by atoms with Gasteiger partial charge in [0, 0.05) is 0 Å². The van der Waals surface area contributed by atoms with E-state index in [1.165, 1.54) is 5.19 Å². The van der Waals surface area contributed by atoms with Crippen LogP contribution in [0.2, 0.25) is 19.6 Å². The van der Waals surface area contributed by atoms with E-state index in [4.69, 9.17) is 2.51 Å². The van der Waals surface area contributed by atoms with E-state index in [0.717, 1.165) is 12.7 Å². The second-order valence-electron chi connectivity index (χ2n) is 7.63. The topological polar surface area (TPSA) is 43.4 Å². The predicted molar refractivity (Wildman–Crippen MR) is 113 cm³/mol. The molecule has 0 atom stereocenters. The molecular weight excluding hydrogens is 499 g/mol. The molecular formula is C22H25IO3SSi+. The van der Waals surface area contributed by atoms with Crippen LogP contribution in [0, 0.1) is 14.1 Å². The maximum atomic E-state index is 13.0. The fraction of sp³-hybridized carbons (Fsp3) is 0.182. The molecule has 0 aromatic heterocycles. The molecule has 1 radical (unpaired) electrons. The SMILES string of the molecule is Cc1ccc(S(=O)(=O)O[I+](c2ccccc2)c2cccc([Si](C)(C)C)c2)cc1. The van der Waals surface area contributed by atoms with Gasteiger partial charge < -0.3 is 0 Å². The van der Waals surface area contributed by atoms with Gasteiger partial charge in [0.25, 0.3) is 0 Å². The van der Waals surface area contributed by atoms with E-state index in [9.17, 15) is 8.42 Å². The fourth-order valence-electron chi connectivity index (χ4n) is 2.61. The normalized spacial score (nSPS) is 12.3. The molecule has 0 bridgehead atoms. The van der Waals surface area contributed by atoms with Crippen molar-refractivity contribution in [2.75, 3.05) is 0 Å². The second kappa shape index (κ2) is 8.48. The van der Waals surface area contributed by atoms with Crippen molar-refractivity contribution in [2.24, 2.45) is 0 Å². The third-order valence-corrected chi connectivity index (χ3v) is 13.6. The Balaban J connectivity index is 2.05. The summed E-state index contributed by atoms with van der Waals surface area (Å²) in [6, 6.07) is 24.9. The van der Waals surface area contributed by atoms with Crippen LogP contribution in [-0.2, 0) is 12.6 Å². The Kier molecular flexibility index (Phi) is 6.43. The smallest absolute Gasteiger partial charge is 0.190 e. The molecule has 28 heavy (non-hydrogen) atoms. The fourth-order valence-corrected chi connectivity index (χ4v) is 11.2. The Labute approximate surface area is 176 Å². The molecule has 3 aromatic rings. The molecule has 147 valence electrons. The highest BCUT2D eigenvalue weighted by molar-refractivity contribution is 7.86. The number of rotatable bonds is 6. The Bertz CT molecular complexity index is 1040. The number of benzene rings is 3. The van der Waals surface area contributed by atoms with Crippen LogP contribution in [0.15, 0.2) is 83.8 Å². The van der Waals surface area contributed by atoms with Crippen molar-refractivity contribution in [1.82, 2.24) is 0 Å². The van der Waals surface area contributed by atoms with Crippen molar-refractivity contribution in [1.29, 1.82) is 0 Å². The van der Waals surface area contributed by atoms with Crippen molar-refractivity contribution in [3.63, 3.8) is 0 Å². The minimum Gasteiger partial charge on any atom is -0.190 e. The van der Waals surface area contributed by atoms with Crippen molar-refractivity contribution >= 4 is 23.4 Å². The minimum absolute atomic E-state index is 0.206. The molecule has 0 spiro atoms. The summed E-state index contributed by atoms with van der Waals surface area (Å²) in [7, 11) is -5.36. The van der Waals surface area contributed by atoms with Crippen LogP contribution in [0.25, 0.3) is 0 Å². The van der Waals surface area contributed by atoms with Crippen LogP contribution in [0.4, 0.5) is 0 Å². The molecule has 0 N–H and O–H groups in total. The molecule has 0 unspecified atom stereocenters. The van der Waals surface area contributed by atoms with E-state index in [-0.39, 0.29) is 4.90 Å². The molecule has 0 aliphatic heterocycles. The van der Waals surface area contributed by atoms with Crippen LogP contribution in [0.1, 0.15) is 5.56 Å². The van der Waals surface area contributed by atoms with Gasteiger partial charge >= 0.3 is 30.4 Å². The predicted octanol–water partition coefficient (Wildman–Crippen LogP) is 1.52. The minimum atomic E-state index is -3.84. The largest absolute Gasteiger partial charge is 0.336 e. The van der Waals surface area contributed by atoms with Crippen molar-refractivity contribution in [2.45, 2.75) is 31.5 Å². The first-order valence-electron chi connectivity index (χ1n) is 9.04. The van der Waals surface area contributed by atoms with Crippen LogP contribution < -0.4 is 25.4 Å². The first-order chi connectivity index (χ1) is 13.2. The lowest BCUT2D eigenvalue weighted by Crippen LogP contribution is -3.85. The second-order valence-corrected chi connectivity index (χ2v) is 19.2. The monoisotopic (exact) mass is 524 g/mol. The average Bonchev–Trinajstić information content (AvgIpc) is 2.67. The summed E-state index contributed by atoms with van der Waals surface area (Å²) in [4.78, 5) is 0.206. The van der Waals surface area contributed by atoms with Gasteiger partial charge in [0.2, 0.25) is 0 Å². The summed E-state index contributed by atoms with van der Waals surface area (Å²) >= 11 is -2.64. The van der Waals surface area contributed by atoms with Gasteiger partial charge in [-0.05, 0) is 45.8 Å². The van der Waals surface area contributed by atoms with Gasteiger partial charge in [0.1, 0.15) is 0 Å². The highest BCUT2D eigenvalue weighted by Crippen LogP contribution is 2.11. The molecule has 0 aliphatic rings. The zero-order chi connectivity index (χ0) is 20.4. The van der Waals surface area contributed by atoms with Crippen molar-refractivity contribution in [3.05, 3.63) is 91.6 Å². The van der Waals surface area contributed by atoms with Crippen LogP contribution in [0.3, 0.4) is 0 Å². The lowest BCUT2D eigenvalue weighted by Gasteiger charge is -2.16. The third-order valence-electron chi connectivity index (χ3n) is 4.28. The summed E-state index contributed by atoms with van der Waals surface area (Å²) in [6.45, 7) is 8.80. The average molecular weight is 524 g/mol. The molecule has 0 heterocycles. The van der Waals surface area contributed by atoms with Crippen molar-refractivity contribution in [3.8, 4) is 0 Å².